The molecule has 1 aromatic carbocycles. The van der Waals surface area contributed by atoms with E-state index in [4.69, 9.17) is 10.8 Å². The molecule has 0 amide bonds. The lowest BCUT2D eigenvalue weighted by Gasteiger charge is -2.09. The minimum Gasteiger partial charge on any atom is -0.396 e. The van der Waals surface area contributed by atoms with Crippen molar-refractivity contribution < 1.29 is 13.5 Å². The Kier molecular flexibility index (Phi) is 3.62. The third-order valence-corrected chi connectivity index (χ3v) is 4.20. The summed E-state index contributed by atoms with van der Waals surface area (Å²) >= 11 is 0. The zero-order valence-electron chi connectivity index (χ0n) is 10.9. The van der Waals surface area contributed by atoms with E-state index < -0.39 is 9.84 Å². The van der Waals surface area contributed by atoms with Crippen molar-refractivity contribution in [3.05, 3.63) is 24.0 Å². The van der Waals surface area contributed by atoms with Gasteiger partial charge in [0.25, 0.3) is 0 Å². The molecule has 0 saturated heterocycles. The van der Waals surface area contributed by atoms with Crippen LogP contribution in [0.2, 0.25) is 0 Å². The zero-order valence-corrected chi connectivity index (χ0v) is 11.7. The normalized spacial score (nSPS) is 13.9. The molecule has 7 heteroatoms. The van der Waals surface area contributed by atoms with Crippen LogP contribution in [0.5, 0.6) is 0 Å². The van der Waals surface area contributed by atoms with Gasteiger partial charge in [0.15, 0.2) is 9.84 Å². The fourth-order valence-electron chi connectivity index (χ4n) is 2.03. The molecule has 0 bridgehead atoms. The van der Waals surface area contributed by atoms with E-state index in [1.165, 1.54) is 0 Å². The van der Waals surface area contributed by atoms with E-state index in [1.54, 1.807) is 18.2 Å². The highest BCUT2D eigenvalue weighted by molar-refractivity contribution is 7.90. The van der Waals surface area contributed by atoms with Crippen molar-refractivity contribution in [1.82, 2.24) is 9.55 Å². The predicted octanol–water partition coefficient (Wildman–Crippen LogP) is 0.359. The van der Waals surface area contributed by atoms with Crippen LogP contribution in [0.15, 0.2) is 23.1 Å². The number of nitrogens with zero attached hydrogens (tertiary/aromatic N) is 2. The number of sulfone groups is 1. The van der Waals surface area contributed by atoms with Crippen LogP contribution in [-0.2, 0) is 16.9 Å². The first kappa shape index (κ1) is 14.0. The molecule has 0 aliphatic rings. The Morgan fingerprint density at radius 2 is 2.16 bits per heavy atom. The second kappa shape index (κ2) is 4.92. The van der Waals surface area contributed by atoms with Gasteiger partial charge in [-0.2, -0.15) is 0 Å². The van der Waals surface area contributed by atoms with Crippen LogP contribution in [0.4, 0.5) is 0 Å². The van der Waals surface area contributed by atoms with Gasteiger partial charge >= 0.3 is 0 Å². The van der Waals surface area contributed by atoms with Gasteiger partial charge in [-0.15, -0.1) is 0 Å². The second-order valence-electron chi connectivity index (χ2n) is 4.57. The summed E-state index contributed by atoms with van der Waals surface area (Å²) in [6, 6.07) is 4.44. The molecule has 2 rings (SSSR count). The van der Waals surface area contributed by atoms with Crippen molar-refractivity contribution in [1.29, 1.82) is 0 Å². The van der Waals surface area contributed by atoms with Crippen molar-refractivity contribution >= 4 is 20.9 Å². The van der Waals surface area contributed by atoms with Gasteiger partial charge in [0, 0.05) is 19.9 Å². The fourth-order valence-corrected chi connectivity index (χ4v) is 2.67. The molecule has 1 heterocycles. The van der Waals surface area contributed by atoms with Crippen molar-refractivity contribution in [3.63, 3.8) is 0 Å². The molecule has 0 spiro atoms. The van der Waals surface area contributed by atoms with E-state index in [-0.39, 0.29) is 17.5 Å². The number of aryl methyl sites for hydroxylation is 1. The summed E-state index contributed by atoms with van der Waals surface area (Å²) in [5.74, 6) is 0.634. The Bertz CT molecular complexity index is 706. The Morgan fingerprint density at radius 1 is 1.47 bits per heavy atom. The highest BCUT2D eigenvalue weighted by Crippen LogP contribution is 2.22. The van der Waals surface area contributed by atoms with E-state index in [1.807, 2.05) is 11.6 Å². The first-order valence-corrected chi connectivity index (χ1v) is 7.76. The first-order chi connectivity index (χ1) is 8.84. The number of aliphatic hydroxyl groups excluding tert-OH is 1. The van der Waals surface area contributed by atoms with E-state index in [0.717, 1.165) is 11.8 Å². The molecule has 0 radical (unpaired) electrons. The summed E-state index contributed by atoms with van der Waals surface area (Å²) in [7, 11) is -1.43. The number of rotatable bonds is 4. The molecule has 0 aliphatic carbocycles. The van der Waals surface area contributed by atoms with Crippen LogP contribution >= 0.6 is 0 Å². The van der Waals surface area contributed by atoms with Gasteiger partial charge < -0.3 is 15.4 Å². The summed E-state index contributed by atoms with van der Waals surface area (Å²) in [4.78, 5) is 4.60. The smallest absolute Gasteiger partial charge is 0.175 e. The predicted molar refractivity (Wildman–Crippen MR) is 72.5 cm³/mol. The molecular weight excluding hydrogens is 266 g/mol. The third-order valence-electron chi connectivity index (χ3n) is 3.09. The van der Waals surface area contributed by atoms with Crippen LogP contribution in [0.3, 0.4) is 0 Å². The Morgan fingerprint density at radius 3 is 2.74 bits per heavy atom. The van der Waals surface area contributed by atoms with Crippen LogP contribution < -0.4 is 5.73 Å². The Balaban J connectivity index is 2.57. The van der Waals surface area contributed by atoms with Crippen molar-refractivity contribution in [2.75, 3.05) is 12.9 Å². The number of hydrogen-bond acceptors (Lipinski definition) is 5. The largest absolute Gasteiger partial charge is 0.396 e. The molecule has 19 heavy (non-hydrogen) atoms. The topological polar surface area (TPSA) is 98.2 Å². The Hall–Kier alpha value is -1.44. The SMILES string of the molecule is Cn1c(C(N)CCO)nc2cc(S(C)(=O)=O)ccc21. The van der Waals surface area contributed by atoms with Crippen LogP contribution in [0.1, 0.15) is 18.3 Å². The third kappa shape index (κ3) is 2.63. The minimum absolute atomic E-state index is 0.0149. The van der Waals surface area contributed by atoms with Gasteiger partial charge in [-0.25, -0.2) is 13.4 Å². The molecule has 104 valence electrons. The lowest BCUT2D eigenvalue weighted by Crippen LogP contribution is -2.16. The summed E-state index contributed by atoms with van der Waals surface area (Å²) < 4.78 is 24.8. The fraction of sp³-hybridized carbons (Fsp3) is 0.417. The number of nitrogens with two attached hydrogens (primary N) is 1. The monoisotopic (exact) mass is 283 g/mol. The van der Waals surface area contributed by atoms with E-state index >= 15 is 0 Å². The number of hydrogen-bond donors (Lipinski definition) is 2. The number of fused-ring (bicyclic) bond motifs is 1. The summed E-state index contributed by atoms with van der Waals surface area (Å²) in [5, 5.41) is 8.92. The number of benzene rings is 1. The van der Waals surface area contributed by atoms with Gasteiger partial charge in [-0.3, -0.25) is 0 Å². The van der Waals surface area contributed by atoms with E-state index in [9.17, 15) is 8.42 Å². The quantitative estimate of drug-likeness (QED) is 0.844. The molecule has 1 unspecified atom stereocenters. The van der Waals surface area contributed by atoms with Crippen LogP contribution in [-0.4, -0.2) is 35.9 Å². The molecule has 1 aromatic heterocycles. The molecule has 1 atom stereocenters. The number of aliphatic hydroxyl groups is 1. The molecule has 0 fully saturated rings. The van der Waals surface area contributed by atoms with Crippen molar-refractivity contribution in [3.8, 4) is 0 Å². The van der Waals surface area contributed by atoms with Gasteiger partial charge in [-0.1, -0.05) is 0 Å². The standard InChI is InChI=1S/C12H17N3O3S/c1-15-11-4-3-8(19(2,17)18)7-10(11)14-12(15)9(13)5-6-16/h3-4,7,9,16H,5-6,13H2,1-2H3. The van der Waals surface area contributed by atoms with Gasteiger partial charge in [0.1, 0.15) is 5.82 Å². The minimum atomic E-state index is -3.25. The Labute approximate surface area is 111 Å². The highest BCUT2D eigenvalue weighted by atomic mass is 32.2. The van der Waals surface area contributed by atoms with Crippen molar-refractivity contribution in [2.24, 2.45) is 12.8 Å². The van der Waals surface area contributed by atoms with Crippen LogP contribution in [0.25, 0.3) is 11.0 Å². The summed E-state index contributed by atoms with van der Waals surface area (Å²) in [6.45, 7) is -0.0149. The van der Waals surface area contributed by atoms with Gasteiger partial charge in [-0.05, 0) is 24.6 Å². The van der Waals surface area contributed by atoms with Crippen molar-refractivity contribution in [2.45, 2.75) is 17.4 Å². The molecule has 0 aliphatic heterocycles. The average molecular weight is 283 g/mol. The average Bonchev–Trinajstić information content (AvgIpc) is 2.66. The number of aromatic nitrogens is 2. The van der Waals surface area contributed by atoms with Crippen LogP contribution in [0, 0.1) is 0 Å². The molecule has 2 aromatic rings. The van der Waals surface area contributed by atoms with E-state index in [0.29, 0.717) is 17.8 Å². The maximum atomic E-state index is 11.5. The highest BCUT2D eigenvalue weighted by Gasteiger charge is 2.16. The van der Waals surface area contributed by atoms with Gasteiger partial charge in [0.2, 0.25) is 0 Å². The first-order valence-electron chi connectivity index (χ1n) is 5.87. The maximum Gasteiger partial charge on any atom is 0.175 e. The van der Waals surface area contributed by atoms with Gasteiger partial charge in [0.05, 0.1) is 22.0 Å². The lowest BCUT2D eigenvalue weighted by molar-refractivity contribution is 0.274. The lowest BCUT2D eigenvalue weighted by atomic mass is 10.2. The molecule has 6 nitrogen and oxygen atoms in total. The summed E-state index contributed by atoms with van der Waals surface area (Å²) in [6.07, 6.45) is 1.58. The number of imidazole rings is 1. The molecule has 3 N–H and O–H groups in total. The summed E-state index contributed by atoms with van der Waals surface area (Å²) in [5.41, 5.74) is 7.34. The molecule has 0 saturated carbocycles. The maximum absolute atomic E-state index is 11.5. The second-order valence-corrected chi connectivity index (χ2v) is 6.59. The molecular formula is C12H17N3O3S. The zero-order chi connectivity index (χ0) is 14.2. The van der Waals surface area contributed by atoms with E-state index in [2.05, 4.69) is 4.98 Å².